The lowest BCUT2D eigenvalue weighted by Crippen LogP contribution is -2.50. The Kier molecular flexibility index (Phi) is 10.2. The van der Waals surface area contributed by atoms with Crippen molar-refractivity contribution in [1.29, 1.82) is 0 Å². The van der Waals surface area contributed by atoms with E-state index in [9.17, 15) is 22.8 Å². The van der Waals surface area contributed by atoms with E-state index < -0.39 is 23.2 Å². The number of ether oxygens (including phenoxy) is 2. The van der Waals surface area contributed by atoms with Gasteiger partial charge in [0.05, 0.1) is 23.1 Å². The maximum absolute atomic E-state index is 13.1. The van der Waals surface area contributed by atoms with Crippen LogP contribution in [0.1, 0.15) is 42.4 Å². The van der Waals surface area contributed by atoms with Gasteiger partial charge in [-0.25, -0.2) is 9.78 Å². The highest BCUT2D eigenvalue weighted by atomic mass is 19.4. The summed E-state index contributed by atoms with van der Waals surface area (Å²) in [5.41, 5.74) is 1.62. The molecule has 4 rings (SSSR count). The monoisotopic (exact) mass is 628 g/mol. The van der Waals surface area contributed by atoms with Crippen molar-refractivity contribution < 1.29 is 32.2 Å². The summed E-state index contributed by atoms with van der Waals surface area (Å²) in [6.45, 7) is 11.0. The largest absolute Gasteiger partial charge is 0.475 e. The van der Waals surface area contributed by atoms with Crippen molar-refractivity contribution in [3.8, 4) is 17.0 Å². The molecule has 3 heterocycles. The molecule has 0 unspecified atom stereocenters. The van der Waals surface area contributed by atoms with Crippen LogP contribution in [-0.2, 0) is 10.9 Å². The predicted octanol–water partition coefficient (Wildman–Crippen LogP) is 5.72. The molecular formula is C32H39F3N6O4. The molecular weight excluding hydrogens is 589 g/mol. The van der Waals surface area contributed by atoms with Gasteiger partial charge in [0.2, 0.25) is 5.88 Å². The average molecular weight is 629 g/mol. The third kappa shape index (κ3) is 9.07. The first-order valence-electron chi connectivity index (χ1n) is 14.6. The first-order chi connectivity index (χ1) is 21.1. The zero-order valence-electron chi connectivity index (χ0n) is 26.4. The van der Waals surface area contributed by atoms with E-state index in [0.717, 1.165) is 23.4 Å². The van der Waals surface area contributed by atoms with Gasteiger partial charge in [-0.1, -0.05) is 6.07 Å². The van der Waals surface area contributed by atoms with Gasteiger partial charge in [0, 0.05) is 75.4 Å². The summed E-state index contributed by atoms with van der Waals surface area (Å²) < 4.78 is 50.9. The molecule has 1 aromatic carbocycles. The van der Waals surface area contributed by atoms with Crippen LogP contribution in [0.15, 0.2) is 48.8 Å². The molecule has 0 atom stereocenters. The molecule has 1 N–H and O–H groups in total. The Morgan fingerprint density at radius 1 is 1.00 bits per heavy atom. The molecule has 1 fully saturated rings. The molecule has 1 saturated heterocycles. The lowest BCUT2D eigenvalue weighted by molar-refractivity contribution is -0.137. The second-order valence-corrected chi connectivity index (χ2v) is 12.0. The Morgan fingerprint density at radius 2 is 1.71 bits per heavy atom. The van der Waals surface area contributed by atoms with Crippen molar-refractivity contribution in [2.24, 2.45) is 0 Å². The van der Waals surface area contributed by atoms with Crippen molar-refractivity contribution >= 4 is 23.4 Å². The van der Waals surface area contributed by atoms with Crippen LogP contribution in [0.3, 0.4) is 0 Å². The number of carbonyl (C=O) groups is 2. The zero-order chi connectivity index (χ0) is 32.9. The smallest absolute Gasteiger partial charge is 0.416 e. The number of halogens is 3. The molecule has 0 saturated carbocycles. The second-order valence-electron chi connectivity index (χ2n) is 12.0. The maximum Gasteiger partial charge on any atom is 0.416 e. The van der Waals surface area contributed by atoms with Crippen LogP contribution in [-0.4, -0.2) is 90.8 Å². The van der Waals surface area contributed by atoms with E-state index in [-0.39, 0.29) is 11.7 Å². The molecule has 2 aromatic heterocycles. The topological polar surface area (TPSA) is 100 Å². The lowest BCUT2D eigenvalue weighted by atomic mass is 10.0. The van der Waals surface area contributed by atoms with E-state index in [0.29, 0.717) is 62.2 Å². The summed E-state index contributed by atoms with van der Waals surface area (Å²) in [6.07, 6.45) is -1.74. The molecule has 2 amide bonds. The van der Waals surface area contributed by atoms with Crippen molar-refractivity contribution in [1.82, 2.24) is 19.8 Å². The van der Waals surface area contributed by atoms with Crippen molar-refractivity contribution in [2.45, 2.75) is 39.5 Å². The Morgan fingerprint density at radius 3 is 2.36 bits per heavy atom. The molecule has 242 valence electrons. The fourth-order valence-corrected chi connectivity index (χ4v) is 4.71. The Balaban J connectivity index is 1.40. The number of aryl methyl sites for hydroxylation is 1. The summed E-state index contributed by atoms with van der Waals surface area (Å²) >= 11 is 0. The average Bonchev–Trinajstić information content (AvgIpc) is 2.97. The van der Waals surface area contributed by atoms with Crippen LogP contribution in [0.25, 0.3) is 11.1 Å². The summed E-state index contributed by atoms with van der Waals surface area (Å²) in [6, 6.07) is 7.87. The van der Waals surface area contributed by atoms with Gasteiger partial charge in [0.25, 0.3) is 5.91 Å². The lowest BCUT2D eigenvalue weighted by Gasteiger charge is -2.35. The third-order valence-electron chi connectivity index (χ3n) is 7.09. The number of pyridine rings is 2. The number of alkyl halides is 3. The number of nitrogens with zero attached hydrogens (tertiary/aromatic N) is 5. The predicted molar refractivity (Wildman–Crippen MR) is 166 cm³/mol. The number of aromatic nitrogens is 2. The van der Waals surface area contributed by atoms with E-state index in [2.05, 4.69) is 20.2 Å². The number of anilines is 2. The van der Waals surface area contributed by atoms with Gasteiger partial charge >= 0.3 is 12.3 Å². The van der Waals surface area contributed by atoms with Gasteiger partial charge in [0.1, 0.15) is 12.2 Å². The van der Waals surface area contributed by atoms with Crippen molar-refractivity contribution in [3.05, 3.63) is 65.6 Å². The Hall–Kier alpha value is -4.39. The molecule has 0 aliphatic carbocycles. The van der Waals surface area contributed by atoms with Crippen molar-refractivity contribution in [2.75, 3.05) is 63.6 Å². The second kappa shape index (κ2) is 13.7. The van der Waals surface area contributed by atoms with Gasteiger partial charge in [0.15, 0.2) is 0 Å². The van der Waals surface area contributed by atoms with Gasteiger partial charge < -0.3 is 24.6 Å². The Bertz CT molecular complexity index is 1520. The minimum Gasteiger partial charge on any atom is -0.475 e. The van der Waals surface area contributed by atoms with E-state index in [1.165, 1.54) is 18.3 Å². The molecule has 10 nitrogen and oxygen atoms in total. The molecule has 0 bridgehead atoms. The van der Waals surface area contributed by atoms with Gasteiger partial charge in [-0.05, 0) is 58.0 Å². The van der Waals surface area contributed by atoms with Gasteiger partial charge in [-0.15, -0.1) is 0 Å². The first kappa shape index (κ1) is 33.5. The van der Waals surface area contributed by atoms with E-state index in [1.54, 1.807) is 17.2 Å². The summed E-state index contributed by atoms with van der Waals surface area (Å²) in [5.74, 6) is -0.226. The third-order valence-corrected chi connectivity index (χ3v) is 7.09. The molecule has 0 spiro atoms. The van der Waals surface area contributed by atoms with E-state index in [1.807, 2.05) is 52.8 Å². The minimum atomic E-state index is -4.55. The number of piperazine rings is 1. The number of amides is 2. The maximum atomic E-state index is 13.1. The van der Waals surface area contributed by atoms with Crippen molar-refractivity contribution in [3.63, 3.8) is 0 Å². The van der Waals surface area contributed by atoms with E-state index in [4.69, 9.17) is 9.47 Å². The summed E-state index contributed by atoms with van der Waals surface area (Å²) in [5, 5.41) is 2.64. The first-order valence-corrected chi connectivity index (χ1v) is 14.6. The number of rotatable bonds is 8. The van der Waals surface area contributed by atoms with Crippen LogP contribution in [0.2, 0.25) is 0 Å². The van der Waals surface area contributed by atoms with Gasteiger partial charge in [-0.3, -0.25) is 14.7 Å². The Labute approximate surface area is 261 Å². The minimum absolute atomic E-state index is 0.116. The zero-order valence-corrected chi connectivity index (χ0v) is 26.4. The van der Waals surface area contributed by atoms with Crippen LogP contribution in [0, 0.1) is 6.92 Å². The fraction of sp³-hybridized carbons (Fsp3) is 0.438. The van der Waals surface area contributed by atoms with Crippen LogP contribution in [0.5, 0.6) is 5.88 Å². The van der Waals surface area contributed by atoms with Crippen LogP contribution in [0.4, 0.5) is 29.3 Å². The molecule has 3 aromatic rings. The number of hydrogen-bond acceptors (Lipinski definition) is 8. The normalized spacial score (nSPS) is 14.2. The molecule has 1 aliphatic heterocycles. The number of carbonyl (C=O) groups excluding carboxylic acids is 2. The highest BCUT2D eigenvalue weighted by Gasteiger charge is 2.31. The number of hydrogen-bond donors (Lipinski definition) is 1. The molecule has 0 radical (unpaired) electrons. The number of benzene rings is 1. The van der Waals surface area contributed by atoms with Gasteiger partial charge in [-0.2, -0.15) is 13.2 Å². The standard InChI is InChI=1S/C32H39F3N6O4/c1-21-26(18-25(20-36-21)38-28(42)22-8-7-9-24(16-22)32(33,34)35)23-17-27(39(5)6)29(37-19-23)44-15-14-40-10-12-41(13-11-40)30(43)45-31(2,3)4/h7-9,16-20H,10-15H2,1-6H3,(H,38,42). The highest BCUT2D eigenvalue weighted by molar-refractivity contribution is 6.04. The highest BCUT2D eigenvalue weighted by Crippen LogP contribution is 2.33. The number of nitrogens with one attached hydrogen (secondary N) is 1. The molecule has 45 heavy (non-hydrogen) atoms. The van der Waals surface area contributed by atoms with Crippen LogP contribution < -0.4 is 15.0 Å². The summed E-state index contributed by atoms with van der Waals surface area (Å²) in [7, 11) is 3.75. The SMILES string of the molecule is Cc1ncc(NC(=O)c2cccc(C(F)(F)F)c2)cc1-c1cnc(OCCN2CCN(C(=O)OC(C)(C)C)CC2)c(N(C)C)c1. The fourth-order valence-electron chi connectivity index (χ4n) is 4.71. The molecule has 13 heteroatoms. The van der Waals surface area contributed by atoms with Crippen LogP contribution >= 0.6 is 0 Å². The molecule has 1 aliphatic rings. The quantitative estimate of drug-likeness (QED) is 0.338. The van der Waals surface area contributed by atoms with E-state index >= 15 is 0 Å². The summed E-state index contributed by atoms with van der Waals surface area (Å²) in [4.78, 5) is 39.9.